The molecule has 0 bridgehead atoms. The van der Waals surface area contributed by atoms with Crippen molar-refractivity contribution in [2.45, 2.75) is 6.42 Å². The Bertz CT molecular complexity index is 263. The molecular formula is C10H11N. The van der Waals surface area contributed by atoms with Crippen molar-refractivity contribution in [2.24, 2.45) is 0 Å². The fourth-order valence-corrected chi connectivity index (χ4v) is 0.883. The Hall–Kier alpha value is -1.37. The highest BCUT2D eigenvalue weighted by atomic mass is 14.7. The molecule has 0 unspecified atom stereocenters. The second kappa shape index (κ2) is 3.71. The zero-order valence-corrected chi connectivity index (χ0v) is 6.46. The number of hydrogen-bond acceptors (Lipinski definition) is 1. The SMILES string of the molecule is C=CCc1cc(C=C)ccn1. The molecule has 0 aliphatic rings. The van der Waals surface area contributed by atoms with E-state index in [1.165, 1.54) is 0 Å². The van der Waals surface area contributed by atoms with Gasteiger partial charge in [0.1, 0.15) is 0 Å². The third kappa shape index (κ3) is 2.04. The molecule has 1 nitrogen and oxygen atoms in total. The summed E-state index contributed by atoms with van der Waals surface area (Å²) in [7, 11) is 0. The Kier molecular flexibility index (Phi) is 2.61. The minimum absolute atomic E-state index is 0.821. The van der Waals surface area contributed by atoms with E-state index in [0.29, 0.717) is 0 Å². The van der Waals surface area contributed by atoms with Crippen LogP contribution in [0.1, 0.15) is 11.3 Å². The van der Waals surface area contributed by atoms with Gasteiger partial charge in [0, 0.05) is 18.3 Å². The number of hydrogen-bond donors (Lipinski definition) is 0. The molecule has 0 aliphatic carbocycles. The Morgan fingerprint density at radius 1 is 1.45 bits per heavy atom. The molecule has 0 aliphatic heterocycles. The Morgan fingerprint density at radius 3 is 2.91 bits per heavy atom. The molecule has 0 saturated carbocycles. The molecule has 56 valence electrons. The highest BCUT2D eigenvalue weighted by molar-refractivity contribution is 5.46. The van der Waals surface area contributed by atoms with Crippen LogP contribution in [0.3, 0.4) is 0 Å². The Morgan fingerprint density at radius 2 is 2.27 bits per heavy atom. The van der Waals surface area contributed by atoms with E-state index in [1.54, 1.807) is 6.20 Å². The van der Waals surface area contributed by atoms with Gasteiger partial charge in [-0.3, -0.25) is 4.98 Å². The highest BCUT2D eigenvalue weighted by Gasteiger charge is 1.90. The summed E-state index contributed by atoms with van der Waals surface area (Å²) in [6.07, 6.45) is 6.26. The van der Waals surface area contributed by atoms with E-state index in [4.69, 9.17) is 0 Å². The molecule has 1 rings (SSSR count). The van der Waals surface area contributed by atoms with E-state index in [1.807, 2.05) is 24.3 Å². The molecule has 0 aromatic carbocycles. The van der Waals surface area contributed by atoms with Gasteiger partial charge in [-0.25, -0.2) is 0 Å². The van der Waals surface area contributed by atoms with Crippen LogP contribution in [-0.4, -0.2) is 4.98 Å². The quantitative estimate of drug-likeness (QED) is 0.595. The van der Waals surface area contributed by atoms with Gasteiger partial charge in [-0.2, -0.15) is 0 Å². The van der Waals surface area contributed by atoms with E-state index in [2.05, 4.69) is 18.1 Å². The Balaban J connectivity index is 2.90. The summed E-state index contributed by atoms with van der Waals surface area (Å²) in [5.74, 6) is 0. The highest BCUT2D eigenvalue weighted by Crippen LogP contribution is 2.03. The molecule has 0 radical (unpaired) electrons. The molecule has 1 aromatic heterocycles. The molecule has 1 heterocycles. The van der Waals surface area contributed by atoms with Crippen molar-refractivity contribution in [3.63, 3.8) is 0 Å². The number of nitrogens with zero attached hydrogens (tertiary/aromatic N) is 1. The Labute approximate surface area is 67.1 Å². The van der Waals surface area contributed by atoms with Crippen LogP contribution in [0.15, 0.2) is 37.6 Å². The van der Waals surface area contributed by atoms with Crippen molar-refractivity contribution < 1.29 is 0 Å². The van der Waals surface area contributed by atoms with Gasteiger partial charge in [-0.1, -0.05) is 18.7 Å². The predicted molar refractivity (Wildman–Crippen MR) is 48.2 cm³/mol. The van der Waals surface area contributed by atoms with Gasteiger partial charge >= 0.3 is 0 Å². The number of rotatable bonds is 3. The van der Waals surface area contributed by atoms with Crippen molar-refractivity contribution in [3.05, 3.63) is 48.8 Å². The lowest BCUT2D eigenvalue weighted by Crippen LogP contribution is -1.86. The predicted octanol–water partition coefficient (Wildman–Crippen LogP) is 2.45. The largest absolute Gasteiger partial charge is 0.261 e. The topological polar surface area (TPSA) is 12.9 Å². The lowest BCUT2D eigenvalue weighted by atomic mass is 10.2. The lowest BCUT2D eigenvalue weighted by molar-refractivity contribution is 1.11. The first-order valence-corrected chi connectivity index (χ1v) is 3.55. The second-order valence-electron chi connectivity index (χ2n) is 2.28. The van der Waals surface area contributed by atoms with Gasteiger partial charge in [0.2, 0.25) is 0 Å². The molecular weight excluding hydrogens is 134 g/mol. The normalized spacial score (nSPS) is 9.09. The minimum atomic E-state index is 0.821. The van der Waals surface area contributed by atoms with Crippen molar-refractivity contribution in [1.82, 2.24) is 4.98 Å². The van der Waals surface area contributed by atoms with Crippen LogP contribution in [0.25, 0.3) is 6.08 Å². The fourth-order valence-electron chi connectivity index (χ4n) is 0.883. The van der Waals surface area contributed by atoms with Gasteiger partial charge in [0.15, 0.2) is 0 Å². The molecule has 0 atom stereocenters. The van der Waals surface area contributed by atoms with Crippen LogP contribution < -0.4 is 0 Å². The van der Waals surface area contributed by atoms with Crippen LogP contribution >= 0.6 is 0 Å². The first-order chi connectivity index (χ1) is 5.36. The zero-order chi connectivity index (χ0) is 8.10. The second-order valence-corrected chi connectivity index (χ2v) is 2.28. The summed E-state index contributed by atoms with van der Waals surface area (Å²) >= 11 is 0. The average molecular weight is 145 g/mol. The van der Waals surface area contributed by atoms with Crippen LogP contribution in [-0.2, 0) is 6.42 Å². The third-order valence-electron chi connectivity index (χ3n) is 1.43. The van der Waals surface area contributed by atoms with Gasteiger partial charge in [0.25, 0.3) is 0 Å². The first-order valence-electron chi connectivity index (χ1n) is 3.55. The van der Waals surface area contributed by atoms with Gasteiger partial charge < -0.3 is 0 Å². The molecule has 0 spiro atoms. The van der Waals surface area contributed by atoms with Gasteiger partial charge in [-0.15, -0.1) is 6.58 Å². The average Bonchev–Trinajstić information content (AvgIpc) is 2.06. The van der Waals surface area contributed by atoms with Crippen LogP contribution in [0, 0.1) is 0 Å². The summed E-state index contributed by atoms with van der Waals surface area (Å²) in [5, 5.41) is 0. The van der Waals surface area contributed by atoms with Gasteiger partial charge in [0.05, 0.1) is 0 Å². The summed E-state index contributed by atoms with van der Waals surface area (Å²) in [4.78, 5) is 4.16. The number of aromatic nitrogens is 1. The summed E-state index contributed by atoms with van der Waals surface area (Å²) < 4.78 is 0. The van der Waals surface area contributed by atoms with Crippen LogP contribution in [0.5, 0.6) is 0 Å². The van der Waals surface area contributed by atoms with Crippen molar-refractivity contribution >= 4 is 6.08 Å². The maximum Gasteiger partial charge on any atom is 0.0447 e. The van der Waals surface area contributed by atoms with E-state index in [9.17, 15) is 0 Å². The smallest absolute Gasteiger partial charge is 0.0447 e. The van der Waals surface area contributed by atoms with Crippen molar-refractivity contribution in [1.29, 1.82) is 0 Å². The maximum atomic E-state index is 4.16. The molecule has 1 heteroatoms. The van der Waals surface area contributed by atoms with Crippen LogP contribution in [0.4, 0.5) is 0 Å². The van der Waals surface area contributed by atoms with Crippen molar-refractivity contribution in [3.8, 4) is 0 Å². The molecule has 0 saturated heterocycles. The summed E-state index contributed by atoms with van der Waals surface area (Å²) in [5.41, 5.74) is 2.15. The standard InChI is InChI=1S/C10H11N/c1-3-5-10-8-9(4-2)6-7-11-10/h3-4,6-8H,1-2,5H2. The summed E-state index contributed by atoms with van der Waals surface area (Å²) in [6.45, 7) is 7.32. The lowest BCUT2D eigenvalue weighted by Gasteiger charge is -1.96. The molecule has 1 aromatic rings. The minimum Gasteiger partial charge on any atom is -0.261 e. The molecule has 0 amide bonds. The van der Waals surface area contributed by atoms with Crippen molar-refractivity contribution in [2.75, 3.05) is 0 Å². The van der Waals surface area contributed by atoms with E-state index < -0.39 is 0 Å². The summed E-state index contributed by atoms with van der Waals surface area (Å²) in [6, 6.07) is 3.94. The van der Waals surface area contributed by atoms with E-state index >= 15 is 0 Å². The molecule has 0 fully saturated rings. The third-order valence-corrected chi connectivity index (χ3v) is 1.43. The van der Waals surface area contributed by atoms with Crippen LogP contribution in [0.2, 0.25) is 0 Å². The number of pyridine rings is 1. The van der Waals surface area contributed by atoms with E-state index in [0.717, 1.165) is 17.7 Å². The van der Waals surface area contributed by atoms with E-state index in [-0.39, 0.29) is 0 Å². The van der Waals surface area contributed by atoms with Gasteiger partial charge in [-0.05, 0) is 17.7 Å². The molecule has 11 heavy (non-hydrogen) atoms. The number of allylic oxidation sites excluding steroid dienone is 1. The maximum absolute atomic E-state index is 4.16. The molecule has 0 N–H and O–H groups in total. The monoisotopic (exact) mass is 145 g/mol. The first kappa shape index (κ1) is 7.73. The fraction of sp³-hybridized carbons (Fsp3) is 0.100. The zero-order valence-electron chi connectivity index (χ0n) is 6.46.